The lowest BCUT2D eigenvalue weighted by Gasteiger charge is -2.09. The predicted octanol–water partition coefficient (Wildman–Crippen LogP) is 0.814. The Morgan fingerprint density at radius 1 is 1.38 bits per heavy atom. The first-order valence-corrected chi connectivity index (χ1v) is 4.80. The van der Waals surface area contributed by atoms with Gasteiger partial charge >= 0.3 is 0 Å². The monoisotopic (exact) mass is 204 g/mol. The lowest BCUT2D eigenvalue weighted by Crippen LogP contribution is -2.33. The molecule has 2 fully saturated rings. The molecule has 1 atom stereocenters. The summed E-state index contributed by atoms with van der Waals surface area (Å²) in [6, 6.07) is 0.590. The summed E-state index contributed by atoms with van der Waals surface area (Å²) in [6.07, 6.45) is 5.28. The van der Waals surface area contributed by atoms with Gasteiger partial charge in [-0.2, -0.15) is 0 Å². The maximum absolute atomic E-state index is 11.2. The summed E-state index contributed by atoms with van der Waals surface area (Å²) in [7, 11) is 0. The molecule has 76 valence electrons. The van der Waals surface area contributed by atoms with E-state index in [0.717, 1.165) is 12.8 Å². The number of nitrogens with one attached hydrogen (secondary N) is 1. The number of rotatable bonds is 4. The fourth-order valence-corrected chi connectivity index (χ4v) is 1.42. The van der Waals surface area contributed by atoms with Crippen LogP contribution in [0.1, 0.15) is 32.1 Å². The molecular formula is C9H17ClN2O. The van der Waals surface area contributed by atoms with Crippen LogP contribution in [0.5, 0.6) is 0 Å². The quantitative estimate of drug-likeness (QED) is 0.713. The zero-order valence-electron chi connectivity index (χ0n) is 7.66. The molecule has 13 heavy (non-hydrogen) atoms. The van der Waals surface area contributed by atoms with E-state index in [4.69, 9.17) is 5.73 Å². The fraction of sp³-hybridized carbons (Fsp3) is 0.889. The summed E-state index contributed by atoms with van der Waals surface area (Å²) >= 11 is 0. The van der Waals surface area contributed by atoms with E-state index in [1.807, 2.05) is 0 Å². The Kier molecular flexibility index (Phi) is 3.56. The van der Waals surface area contributed by atoms with Crippen molar-refractivity contribution in [2.45, 2.75) is 44.2 Å². The molecule has 0 aromatic heterocycles. The summed E-state index contributed by atoms with van der Waals surface area (Å²) in [5.74, 6) is 0.784. The average molecular weight is 205 g/mol. The van der Waals surface area contributed by atoms with E-state index in [0.29, 0.717) is 18.4 Å². The molecule has 2 rings (SSSR count). The minimum atomic E-state index is 0. The Labute approximate surface area is 84.9 Å². The molecule has 0 aliphatic heterocycles. The first kappa shape index (κ1) is 10.8. The third-order valence-electron chi connectivity index (χ3n) is 2.59. The molecule has 2 aliphatic rings. The second-order valence-electron chi connectivity index (χ2n) is 4.05. The van der Waals surface area contributed by atoms with Gasteiger partial charge in [0.15, 0.2) is 0 Å². The van der Waals surface area contributed by atoms with E-state index in [1.54, 1.807) is 0 Å². The van der Waals surface area contributed by atoms with E-state index in [-0.39, 0.29) is 24.4 Å². The number of carbonyl (C=O) groups is 1. The fourth-order valence-electron chi connectivity index (χ4n) is 1.42. The Bertz CT molecular complexity index is 190. The highest BCUT2D eigenvalue weighted by Gasteiger charge is 2.31. The van der Waals surface area contributed by atoms with Crippen LogP contribution >= 0.6 is 12.4 Å². The molecule has 0 bridgehead atoms. The summed E-state index contributed by atoms with van der Waals surface area (Å²) < 4.78 is 0. The maximum Gasteiger partial charge on any atom is 0.221 e. The van der Waals surface area contributed by atoms with Crippen molar-refractivity contribution in [2.75, 3.05) is 0 Å². The van der Waals surface area contributed by atoms with Gasteiger partial charge in [0.05, 0.1) is 0 Å². The van der Waals surface area contributed by atoms with Crippen molar-refractivity contribution in [3.05, 3.63) is 0 Å². The van der Waals surface area contributed by atoms with Crippen LogP contribution < -0.4 is 11.1 Å². The highest BCUT2D eigenvalue weighted by atomic mass is 35.5. The zero-order valence-corrected chi connectivity index (χ0v) is 8.48. The lowest BCUT2D eigenvalue weighted by molar-refractivity contribution is -0.121. The van der Waals surface area contributed by atoms with Crippen molar-refractivity contribution < 1.29 is 4.79 Å². The SMILES string of the molecule is Cl.NC(CC(=O)NC1CC1)C1CC1. The van der Waals surface area contributed by atoms with Crippen LogP contribution in [0.3, 0.4) is 0 Å². The molecule has 0 radical (unpaired) electrons. The molecule has 0 aromatic rings. The van der Waals surface area contributed by atoms with Crippen LogP contribution in [0.4, 0.5) is 0 Å². The van der Waals surface area contributed by atoms with E-state index < -0.39 is 0 Å². The van der Waals surface area contributed by atoms with Crippen molar-refractivity contribution in [1.29, 1.82) is 0 Å². The van der Waals surface area contributed by atoms with Gasteiger partial charge in [-0.1, -0.05) is 0 Å². The second kappa shape index (κ2) is 4.29. The van der Waals surface area contributed by atoms with Crippen molar-refractivity contribution in [3.63, 3.8) is 0 Å². The van der Waals surface area contributed by atoms with E-state index in [9.17, 15) is 4.79 Å². The van der Waals surface area contributed by atoms with Gasteiger partial charge in [-0.05, 0) is 31.6 Å². The normalized spacial score (nSPS) is 23.2. The number of carbonyl (C=O) groups excluding carboxylic acids is 1. The van der Waals surface area contributed by atoms with Gasteiger partial charge in [0, 0.05) is 18.5 Å². The smallest absolute Gasteiger partial charge is 0.221 e. The molecule has 0 saturated heterocycles. The standard InChI is InChI=1S/C9H16N2O.ClH/c10-8(6-1-2-6)5-9(12)11-7-3-4-7;/h6-8H,1-5,10H2,(H,11,12);1H. The number of hydrogen-bond donors (Lipinski definition) is 2. The molecule has 3 nitrogen and oxygen atoms in total. The Morgan fingerprint density at radius 2 is 2.00 bits per heavy atom. The first-order chi connectivity index (χ1) is 5.75. The molecule has 4 heteroatoms. The van der Waals surface area contributed by atoms with Crippen LogP contribution in [-0.2, 0) is 4.79 Å². The van der Waals surface area contributed by atoms with Crippen LogP contribution in [0.15, 0.2) is 0 Å². The largest absolute Gasteiger partial charge is 0.353 e. The third-order valence-corrected chi connectivity index (χ3v) is 2.59. The van der Waals surface area contributed by atoms with Gasteiger partial charge in [0.25, 0.3) is 0 Å². The summed E-state index contributed by atoms with van der Waals surface area (Å²) in [5, 5.41) is 2.95. The van der Waals surface area contributed by atoms with E-state index in [2.05, 4.69) is 5.32 Å². The highest BCUT2D eigenvalue weighted by Crippen LogP contribution is 2.32. The van der Waals surface area contributed by atoms with Crippen LogP contribution in [-0.4, -0.2) is 18.0 Å². The predicted molar refractivity (Wildman–Crippen MR) is 53.7 cm³/mol. The Balaban J connectivity index is 0.000000845. The van der Waals surface area contributed by atoms with Crippen molar-refractivity contribution in [3.8, 4) is 0 Å². The third kappa shape index (κ3) is 3.53. The molecule has 2 saturated carbocycles. The second-order valence-corrected chi connectivity index (χ2v) is 4.05. The zero-order chi connectivity index (χ0) is 8.55. The minimum Gasteiger partial charge on any atom is -0.353 e. The van der Waals surface area contributed by atoms with Gasteiger partial charge in [0.2, 0.25) is 5.91 Å². The summed E-state index contributed by atoms with van der Waals surface area (Å²) in [6.45, 7) is 0. The van der Waals surface area contributed by atoms with Crippen molar-refractivity contribution >= 4 is 18.3 Å². The average Bonchev–Trinajstić information content (AvgIpc) is 2.83. The molecular weight excluding hydrogens is 188 g/mol. The van der Waals surface area contributed by atoms with Crippen LogP contribution in [0.2, 0.25) is 0 Å². The van der Waals surface area contributed by atoms with Gasteiger partial charge in [-0.15, -0.1) is 12.4 Å². The molecule has 1 amide bonds. The first-order valence-electron chi connectivity index (χ1n) is 4.80. The topological polar surface area (TPSA) is 55.1 Å². The Hall–Kier alpha value is -0.280. The van der Waals surface area contributed by atoms with Gasteiger partial charge in [-0.3, -0.25) is 4.79 Å². The molecule has 0 aromatic carbocycles. The van der Waals surface area contributed by atoms with Gasteiger partial charge in [-0.25, -0.2) is 0 Å². The van der Waals surface area contributed by atoms with Crippen molar-refractivity contribution in [1.82, 2.24) is 5.32 Å². The number of nitrogens with two attached hydrogens (primary N) is 1. The van der Waals surface area contributed by atoms with Crippen molar-refractivity contribution in [2.24, 2.45) is 11.7 Å². The summed E-state index contributed by atoms with van der Waals surface area (Å²) in [4.78, 5) is 11.2. The highest BCUT2D eigenvalue weighted by molar-refractivity contribution is 5.85. The van der Waals surface area contributed by atoms with Crippen LogP contribution in [0, 0.1) is 5.92 Å². The van der Waals surface area contributed by atoms with E-state index >= 15 is 0 Å². The number of amides is 1. The molecule has 3 N–H and O–H groups in total. The number of hydrogen-bond acceptors (Lipinski definition) is 2. The van der Waals surface area contributed by atoms with Gasteiger partial charge in [0.1, 0.15) is 0 Å². The van der Waals surface area contributed by atoms with E-state index in [1.165, 1.54) is 12.8 Å². The lowest BCUT2D eigenvalue weighted by atomic mass is 10.1. The minimum absolute atomic E-state index is 0. The van der Waals surface area contributed by atoms with Gasteiger partial charge < -0.3 is 11.1 Å². The molecule has 1 unspecified atom stereocenters. The molecule has 0 spiro atoms. The molecule has 2 aliphatic carbocycles. The number of halogens is 1. The summed E-state index contributed by atoms with van der Waals surface area (Å²) in [5.41, 5.74) is 5.82. The maximum atomic E-state index is 11.2. The Morgan fingerprint density at radius 3 is 2.46 bits per heavy atom. The van der Waals surface area contributed by atoms with Crippen LogP contribution in [0.25, 0.3) is 0 Å². The molecule has 0 heterocycles.